The Morgan fingerprint density at radius 1 is 0.276 bits per heavy atom. The minimum absolute atomic E-state index is 0.149. The lowest BCUT2D eigenvalue weighted by Gasteiger charge is -2.46. The Bertz CT molecular complexity index is 2910. The number of rotatable bonds is 5. The van der Waals surface area contributed by atoms with Crippen LogP contribution in [0.25, 0.3) is 67.5 Å². The molecule has 0 unspecified atom stereocenters. The molecule has 2 aliphatic rings. The van der Waals surface area contributed by atoms with Gasteiger partial charge in [0.1, 0.15) is 0 Å². The minimum Gasteiger partial charge on any atom is -0.208 e. The van der Waals surface area contributed by atoms with Gasteiger partial charge in [-0.05, 0) is 91.0 Å². The Morgan fingerprint density at radius 2 is 0.672 bits per heavy atom. The first-order chi connectivity index (χ1) is 28.5. The third-order valence-electron chi connectivity index (χ3n) is 12.4. The molecule has 0 amide bonds. The van der Waals surface area contributed by atoms with Gasteiger partial charge in [-0.3, -0.25) is 0 Å². The zero-order chi connectivity index (χ0) is 38.8. The van der Waals surface area contributed by atoms with E-state index in [1.165, 1.54) is 44.5 Å². The number of nitrogens with zero attached hydrogens (tertiary/aromatic N) is 3. The summed E-state index contributed by atoms with van der Waals surface area (Å²) in [5.74, 6) is 1.91. The molecule has 274 valence electrons. The predicted octanol–water partition coefficient (Wildman–Crippen LogP) is 13.2. The number of hydrogen-bond donors (Lipinski definition) is 0. The van der Waals surface area contributed by atoms with Crippen molar-refractivity contribution in [3.8, 4) is 67.5 Å². The molecule has 0 bridgehead atoms. The summed E-state index contributed by atoms with van der Waals surface area (Å²) < 4.78 is 0. The molecule has 2 aliphatic carbocycles. The van der Waals surface area contributed by atoms with E-state index in [0.717, 1.165) is 38.9 Å². The standard InChI is InChI=1S/C55H39N3/c1-54(2)47-26-14-16-28-49(47)55(50-29-17-15-27-48(50)54)45-25-13-12-24-43(45)44-35-39(30-31-46(44)55)52-56-51(38-22-10-5-11-23-38)57-53(58-52)42-33-40(36-18-6-3-7-19-36)32-41(34-42)37-20-8-4-9-21-37/h3-35H,1-2H3. The fourth-order valence-corrected chi connectivity index (χ4v) is 9.71. The van der Waals surface area contributed by atoms with Gasteiger partial charge in [-0.1, -0.05) is 190 Å². The first kappa shape index (κ1) is 34.1. The number of benzene rings is 8. The highest BCUT2D eigenvalue weighted by molar-refractivity contribution is 5.90. The van der Waals surface area contributed by atoms with Crippen LogP contribution >= 0.6 is 0 Å². The second-order valence-corrected chi connectivity index (χ2v) is 16.0. The van der Waals surface area contributed by atoms with Crippen molar-refractivity contribution in [2.24, 2.45) is 0 Å². The van der Waals surface area contributed by atoms with Crippen LogP contribution in [0.1, 0.15) is 47.2 Å². The summed E-state index contributed by atoms with van der Waals surface area (Å²) in [5.41, 5.74) is 17.2. The predicted molar refractivity (Wildman–Crippen MR) is 236 cm³/mol. The highest BCUT2D eigenvalue weighted by Gasteiger charge is 2.53. The molecular weight excluding hydrogens is 703 g/mol. The van der Waals surface area contributed by atoms with E-state index < -0.39 is 5.41 Å². The van der Waals surface area contributed by atoms with Gasteiger partial charge in [0.15, 0.2) is 17.5 Å². The van der Waals surface area contributed by atoms with Gasteiger partial charge < -0.3 is 0 Å². The second-order valence-electron chi connectivity index (χ2n) is 16.0. The molecule has 8 aromatic carbocycles. The van der Waals surface area contributed by atoms with Crippen LogP contribution in [0.4, 0.5) is 0 Å². The van der Waals surface area contributed by atoms with Crippen molar-refractivity contribution in [2.75, 3.05) is 0 Å². The van der Waals surface area contributed by atoms with Crippen LogP contribution in [0.15, 0.2) is 200 Å². The summed E-state index contributed by atoms with van der Waals surface area (Å²) in [4.78, 5) is 15.7. The SMILES string of the molecule is CC1(C)c2ccccc2C2(c3ccccc3-c3cc(-c4nc(-c5ccccc5)nc(-c5cc(-c6ccccc6)cc(-c6ccccc6)c5)n4)ccc32)c2ccccc21. The van der Waals surface area contributed by atoms with Crippen molar-refractivity contribution >= 4 is 0 Å². The molecule has 3 heteroatoms. The first-order valence-electron chi connectivity index (χ1n) is 20.0. The van der Waals surface area contributed by atoms with Crippen molar-refractivity contribution in [2.45, 2.75) is 24.7 Å². The van der Waals surface area contributed by atoms with Crippen molar-refractivity contribution in [1.82, 2.24) is 15.0 Å². The highest BCUT2D eigenvalue weighted by Crippen LogP contribution is 2.62. The van der Waals surface area contributed by atoms with E-state index in [4.69, 9.17) is 15.0 Å². The molecule has 1 spiro atoms. The lowest BCUT2D eigenvalue weighted by molar-refractivity contribution is 0.563. The fraction of sp³-hybridized carbons (Fsp3) is 0.0727. The molecule has 11 rings (SSSR count). The van der Waals surface area contributed by atoms with Gasteiger partial charge in [-0.2, -0.15) is 0 Å². The van der Waals surface area contributed by atoms with Crippen LogP contribution in [0.5, 0.6) is 0 Å². The zero-order valence-corrected chi connectivity index (χ0v) is 32.4. The molecule has 58 heavy (non-hydrogen) atoms. The maximum absolute atomic E-state index is 5.32. The summed E-state index contributed by atoms with van der Waals surface area (Å²) in [6.07, 6.45) is 0. The summed E-state index contributed by atoms with van der Waals surface area (Å²) in [6.45, 7) is 4.73. The normalized spacial score (nSPS) is 14.0. The van der Waals surface area contributed by atoms with E-state index in [9.17, 15) is 0 Å². The number of fused-ring (bicyclic) bond motifs is 9. The molecule has 1 aromatic heterocycles. The van der Waals surface area contributed by atoms with Crippen LogP contribution in [0, 0.1) is 0 Å². The van der Waals surface area contributed by atoms with Crippen LogP contribution in [-0.2, 0) is 10.8 Å². The maximum atomic E-state index is 5.32. The van der Waals surface area contributed by atoms with Gasteiger partial charge in [-0.15, -0.1) is 0 Å². The van der Waals surface area contributed by atoms with E-state index in [2.05, 4.69) is 196 Å². The fourth-order valence-electron chi connectivity index (χ4n) is 9.71. The molecule has 0 saturated carbocycles. The minimum atomic E-state index is -0.460. The summed E-state index contributed by atoms with van der Waals surface area (Å²) in [6, 6.07) is 72.0. The van der Waals surface area contributed by atoms with Crippen molar-refractivity contribution in [3.63, 3.8) is 0 Å². The summed E-state index contributed by atoms with van der Waals surface area (Å²) >= 11 is 0. The molecule has 3 nitrogen and oxygen atoms in total. The largest absolute Gasteiger partial charge is 0.208 e. The van der Waals surface area contributed by atoms with E-state index in [0.29, 0.717) is 17.5 Å². The van der Waals surface area contributed by atoms with Crippen LogP contribution in [-0.4, -0.2) is 15.0 Å². The van der Waals surface area contributed by atoms with E-state index in [-0.39, 0.29) is 5.41 Å². The van der Waals surface area contributed by atoms with Gasteiger partial charge in [0.25, 0.3) is 0 Å². The highest BCUT2D eigenvalue weighted by atomic mass is 15.0. The van der Waals surface area contributed by atoms with Crippen molar-refractivity contribution < 1.29 is 0 Å². The van der Waals surface area contributed by atoms with Gasteiger partial charge in [0, 0.05) is 22.1 Å². The zero-order valence-electron chi connectivity index (χ0n) is 32.4. The average molecular weight is 742 g/mol. The third-order valence-corrected chi connectivity index (χ3v) is 12.4. The molecule has 9 aromatic rings. The lowest BCUT2D eigenvalue weighted by atomic mass is 9.55. The Morgan fingerprint density at radius 3 is 1.22 bits per heavy atom. The van der Waals surface area contributed by atoms with Gasteiger partial charge in [0.2, 0.25) is 0 Å². The molecular formula is C55H39N3. The molecule has 1 heterocycles. The number of hydrogen-bond acceptors (Lipinski definition) is 3. The second kappa shape index (κ2) is 13.2. The number of aromatic nitrogens is 3. The smallest absolute Gasteiger partial charge is 0.164 e. The van der Waals surface area contributed by atoms with E-state index in [1.807, 2.05) is 18.2 Å². The van der Waals surface area contributed by atoms with E-state index in [1.54, 1.807) is 0 Å². The molecule has 0 aliphatic heterocycles. The molecule has 0 fully saturated rings. The van der Waals surface area contributed by atoms with Gasteiger partial charge in [-0.25, -0.2) is 15.0 Å². The Balaban J connectivity index is 1.14. The lowest BCUT2D eigenvalue weighted by Crippen LogP contribution is -2.40. The Hall–Kier alpha value is -7.23. The quantitative estimate of drug-likeness (QED) is 0.176. The third kappa shape index (κ3) is 5.17. The maximum Gasteiger partial charge on any atom is 0.164 e. The van der Waals surface area contributed by atoms with Crippen molar-refractivity contribution in [3.05, 3.63) is 234 Å². The Labute approximate surface area is 339 Å². The first-order valence-corrected chi connectivity index (χ1v) is 20.0. The summed E-state index contributed by atoms with van der Waals surface area (Å²) in [5, 5.41) is 0. The topological polar surface area (TPSA) is 38.7 Å². The average Bonchev–Trinajstić information content (AvgIpc) is 3.59. The van der Waals surface area contributed by atoms with Gasteiger partial charge in [0.05, 0.1) is 5.41 Å². The molecule has 0 atom stereocenters. The molecule has 0 radical (unpaired) electrons. The molecule has 0 N–H and O–H groups in total. The van der Waals surface area contributed by atoms with Crippen LogP contribution in [0.3, 0.4) is 0 Å². The monoisotopic (exact) mass is 741 g/mol. The van der Waals surface area contributed by atoms with E-state index >= 15 is 0 Å². The molecule has 0 saturated heterocycles. The van der Waals surface area contributed by atoms with Crippen LogP contribution in [0.2, 0.25) is 0 Å². The van der Waals surface area contributed by atoms with Gasteiger partial charge >= 0.3 is 0 Å². The summed E-state index contributed by atoms with van der Waals surface area (Å²) in [7, 11) is 0. The Kier molecular flexibility index (Phi) is 7.74. The van der Waals surface area contributed by atoms with Crippen molar-refractivity contribution in [1.29, 1.82) is 0 Å². The van der Waals surface area contributed by atoms with Crippen LogP contribution < -0.4 is 0 Å².